The molecule has 0 spiro atoms. The molecular formula is C13H11NO5S. The third-order valence-electron chi connectivity index (χ3n) is 2.55. The number of phenolic OH excluding ortho intramolecular Hbond substituents is 1. The number of benzene rings is 2. The number of nitrogens with one attached hydrogen (secondary N) is 1. The molecule has 0 atom stereocenters. The highest BCUT2D eigenvalue weighted by Gasteiger charge is 2.14. The molecule has 0 aromatic heterocycles. The van der Waals surface area contributed by atoms with Crippen molar-refractivity contribution in [1.82, 2.24) is 0 Å². The lowest BCUT2D eigenvalue weighted by Crippen LogP contribution is -2.12. The van der Waals surface area contributed by atoms with Gasteiger partial charge in [-0.1, -0.05) is 18.2 Å². The first-order chi connectivity index (χ1) is 9.38. The van der Waals surface area contributed by atoms with Gasteiger partial charge >= 0.3 is 0 Å². The lowest BCUT2D eigenvalue weighted by molar-refractivity contribution is 0.102. The first-order valence-electron chi connectivity index (χ1n) is 5.55. The summed E-state index contributed by atoms with van der Waals surface area (Å²) in [5, 5.41) is 12.0. The van der Waals surface area contributed by atoms with Gasteiger partial charge in [-0.2, -0.15) is 8.42 Å². The number of phenols is 1. The van der Waals surface area contributed by atoms with Gasteiger partial charge in [0.15, 0.2) is 0 Å². The Morgan fingerprint density at radius 2 is 1.70 bits per heavy atom. The minimum Gasteiger partial charge on any atom is -0.506 e. The zero-order valence-electron chi connectivity index (χ0n) is 10.1. The minimum atomic E-state index is -4.40. The number of anilines is 1. The SMILES string of the molecule is O=C(Nc1cc(S(=O)(=O)O)ccc1O)c1ccccc1. The maximum atomic E-state index is 11.9. The molecule has 20 heavy (non-hydrogen) atoms. The van der Waals surface area contributed by atoms with Crippen LogP contribution in [0.4, 0.5) is 5.69 Å². The highest BCUT2D eigenvalue weighted by Crippen LogP contribution is 2.26. The Morgan fingerprint density at radius 3 is 2.30 bits per heavy atom. The van der Waals surface area contributed by atoms with Crippen LogP contribution in [-0.2, 0) is 10.1 Å². The van der Waals surface area contributed by atoms with Crippen LogP contribution in [0.2, 0.25) is 0 Å². The molecule has 6 nitrogen and oxygen atoms in total. The number of amides is 1. The lowest BCUT2D eigenvalue weighted by atomic mass is 10.2. The second-order valence-corrected chi connectivity index (χ2v) is 5.40. The van der Waals surface area contributed by atoms with Crippen molar-refractivity contribution in [3.8, 4) is 5.75 Å². The summed E-state index contributed by atoms with van der Waals surface area (Å²) in [6.45, 7) is 0. The third-order valence-corrected chi connectivity index (χ3v) is 3.40. The summed E-state index contributed by atoms with van der Waals surface area (Å²) in [5.41, 5.74) is 0.248. The average Bonchev–Trinajstić information content (AvgIpc) is 2.41. The van der Waals surface area contributed by atoms with Gasteiger partial charge in [-0.25, -0.2) is 0 Å². The Hall–Kier alpha value is -2.38. The molecule has 104 valence electrons. The molecule has 2 aromatic rings. The van der Waals surface area contributed by atoms with Crippen LogP contribution in [0.3, 0.4) is 0 Å². The van der Waals surface area contributed by atoms with E-state index in [1.165, 1.54) is 0 Å². The minimum absolute atomic E-state index is 0.103. The first-order valence-corrected chi connectivity index (χ1v) is 6.99. The standard InChI is InChI=1S/C13H11NO5S/c15-12-7-6-10(20(17,18)19)8-11(12)14-13(16)9-4-2-1-3-5-9/h1-8,15H,(H,14,16)(H,17,18,19). The second-order valence-electron chi connectivity index (χ2n) is 3.97. The molecule has 0 heterocycles. The average molecular weight is 293 g/mol. The zero-order chi connectivity index (χ0) is 14.8. The van der Waals surface area contributed by atoms with Gasteiger partial charge in [-0.05, 0) is 30.3 Å². The largest absolute Gasteiger partial charge is 0.506 e. The van der Waals surface area contributed by atoms with Gasteiger partial charge in [-0.3, -0.25) is 9.35 Å². The lowest BCUT2D eigenvalue weighted by Gasteiger charge is -2.08. The monoisotopic (exact) mass is 293 g/mol. The van der Waals surface area contributed by atoms with Gasteiger partial charge < -0.3 is 10.4 Å². The molecule has 0 aliphatic carbocycles. The Balaban J connectivity index is 2.32. The van der Waals surface area contributed by atoms with Crippen LogP contribution in [0.15, 0.2) is 53.4 Å². The van der Waals surface area contributed by atoms with Crippen molar-refractivity contribution in [3.63, 3.8) is 0 Å². The smallest absolute Gasteiger partial charge is 0.294 e. The molecule has 1 amide bonds. The Kier molecular flexibility index (Phi) is 3.73. The van der Waals surface area contributed by atoms with Crippen molar-refractivity contribution in [1.29, 1.82) is 0 Å². The van der Waals surface area contributed by atoms with Crippen molar-refractivity contribution in [3.05, 3.63) is 54.1 Å². The molecule has 7 heteroatoms. The van der Waals surface area contributed by atoms with Crippen molar-refractivity contribution in [2.45, 2.75) is 4.90 Å². The number of carbonyl (C=O) groups excluding carboxylic acids is 1. The highest BCUT2D eigenvalue weighted by molar-refractivity contribution is 7.85. The molecule has 0 aliphatic heterocycles. The molecule has 0 saturated carbocycles. The fourth-order valence-electron chi connectivity index (χ4n) is 1.56. The van der Waals surface area contributed by atoms with Gasteiger partial charge in [0.1, 0.15) is 5.75 Å². The van der Waals surface area contributed by atoms with Gasteiger partial charge in [0.25, 0.3) is 16.0 Å². The van der Waals surface area contributed by atoms with Crippen LogP contribution < -0.4 is 5.32 Å². The second kappa shape index (κ2) is 5.32. The molecule has 0 saturated heterocycles. The van der Waals surface area contributed by atoms with Crippen molar-refractivity contribution in [2.75, 3.05) is 5.32 Å². The van der Waals surface area contributed by atoms with Crippen molar-refractivity contribution >= 4 is 21.7 Å². The summed E-state index contributed by atoms with van der Waals surface area (Å²) in [6, 6.07) is 11.3. The van der Waals surface area contributed by atoms with E-state index < -0.39 is 20.9 Å². The van der Waals surface area contributed by atoms with Gasteiger partial charge in [0.05, 0.1) is 10.6 Å². The number of carbonyl (C=O) groups is 1. The van der Waals surface area contributed by atoms with Crippen LogP contribution in [0.25, 0.3) is 0 Å². The van der Waals surface area contributed by atoms with E-state index in [9.17, 15) is 18.3 Å². The fourth-order valence-corrected chi connectivity index (χ4v) is 2.07. The zero-order valence-corrected chi connectivity index (χ0v) is 11.0. The van der Waals surface area contributed by atoms with E-state index in [1.807, 2.05) is 0 Å². The van der Waals surface area contributed by atoms with E-state index in [0.29, 0.717) is 5.56 Å². The summed E-state index contributed by atoms with van der Waals surface area (Å²) in [6.07, 6.45) is 0. The Morgan fingerprint density at radius 1 is 1.05 bits per heavy atom. The molecule has 0 bridgehead atoms. The Labute approximate surface area is 115 Å². The van der Waals surface area contributed by atoms with Gasteiger partial charge in [-0.15, -0.1) is 0 Å². The molecule has 0 unspecified atom stereocenters. The van der Waals surface area contributed by atoms with Crippen LogP contribution in [-0.4, -0.2) is 24.0 Å². The summed E-state index contributed by atoms with van der Waals surface area (Å²) < 4.78 is 31.0. The normalized spacial score (nSPS) is 11.1. The topological polar surface area (TPSA) is 104 Å². The summed E-state index contributed by atoms with van der Waals surface area (Å²) in [5.74, 6) is -0.810. The summed E-state index contributed by atoms with van der Waals surface area (Å²) in [7, 11) is -4.40. The number of rotatable bonds is 3. The predicted octanol–water partition coefficient (Wildman–Crippen LogP) is 1.89. The number of hydrogen-bond donors (Lipinski definition) is 3. The van der Waals surface area contributed by atoms with Crippen LogP contribution in [0.5, 0.6) is 5.75 Å². The van der Waals surface area contributed by atoms with E-state index in [1.54, 1.807) is 30.3 Å². The van der Waals surface area contributed by atoms with E-state index >= 15 is 0 Å². The molecule has 0 fully saturated rings. The van der Waals surface area contributed by atoms with Gasteiger partial charge in [0, 0.05) is 5.56 Å². The van der Waals surface area contributed by atoms with Gasteiger partial charge in [0.2, 0.25) is 0 Å². The Bertz CT molecular complexity index is 741. The third kappa shape index (κ3) is 3.14. The van der Waals surface area contributed by atoms with Crippen LogP contribution in [0.1, 0.15) is 10.4 Å². The molecule has 3 N–H and O–H groups in total. The van der Waals surface area contributed by atoms with Crippen LogP contribution in [0, 0.1) is 0 Å². The number of aromatic hydroxyl groups is 1. The van der Waals surface area contributed by atoms with E-state index in [2.05, 4.69) is 5.32 Å². The quantitative estimate of drug-likeness (QED) is 0.592. The van der Waals surface area contributed by atoms with Crippen molar-refractivity contribution < 1.29 is 22.9 Å². The molecule has 2 aromatic carbocycles. The predicted molar refractivity (Wildman–Crippen MR) is 72.3 cm³/mol. The summed E-state index contributed by atoms with van der Waals surface area (Å²) in [4.78, 5) is 11.5. The molecular weight excluding hydrogens is 282 g/mol. The van der Waals surface area contributed by atoms with Crippen LogP contribution >= 0.6 is 0 Å². The maximum Gasteiger partial charge on any atom is 0.294 e. The highest BCUT2D eigenvalue weighted by atomic mass is 32.2. The molecule has 0 radical (unpaired) electrons. The maximum absolute atomic E-state index is 11.9. The number of hydrogen-bond acceptors (Lipinski definition) is 4. The van der Waals surface area contributed by atoms with E-state index in [-0.39, 0.29) is 11.4 Å². The van der Waals surface area contributed by atoms with E-state index in [4.69, 9.17) is 4.55 Å². The summed E-state index contributed by atoms with van der Waals surface area (Å²) >= 11 is 0. The molecule has 0 aliphatic rings. The fraction of sp³-hybridized carbons (Fsp3) is 0. The molecule has 2 rings (SSSR count). The van der Waals surface area contributed by atoms with E-state index in [0.717, 1.165) is 18.2 Å². The first kappa shape index (κ1) is 14.0. The van der Waals surface area contributed by atoms with Crippen molar-refractivity contribution in [2.24, 2.45) is 0 Å².